The van der Waals surface area contributed by atoms with Crippen LogP contribution in [0.1, 0.15) is 22.4 Å². The van der Waals surface area contributed by atoms with Gasteiger partial charge in [-0.3, -0.25) is 4.98 Å². The van der Waals surface area contributed by atoms with Crippen molar-refractivity contribution in [1.82, 2.24) is 14.9 Å². The van der Waals surface area contributed by atoms with E-state index in [4.69, 9.17) is 11.6 Å². The normalized spacial score (nSPS) is 11.2. The van der Waals surface area contributed by atoms with Crippen LogP contribution in [0, 0.1) is 6.92 Å². The monoisotopic (exact) mass is 375 g/mol. The van der Waals surface area contributed by atoms with E-state index in [9.17, 15) is 0 Å². The van der Waals surface area contributed by atoms with E-state index in [1.807, 2.05) is 42.7 Å². The highest BCUT2D eigenvalue weighted by molar-refractivity contribution is 6.31. The van der Waals surface area contributed by atoms with Gasteiger partial charge in [0, 0.05) is 53.6 Å². The Morgan fingerprint density at radius 3 is 2.48 bits per heavy atom. The van der Waals surface area contributed by atoms with Gasteiger partial charge in [-0.2, -0.15) is 0 Å². The number of aromatic nitrogens is 2. The van der Waals surface area contributed by atoms with Crippen molar-refractivity contribution in [3.63, 3.8) is 0 Å². The Hall–Kier alpha value is -2.62. The third kappa shape index (κ3) is 3.75. The van der Waals surface area contributed by atoms with Crippen molar-refractivity contribution in [2.75, 3.05) is 0 Å². The lowest BCUT2D eigenvalue weighted by Gasteiger charge is -2.11. The molecule has 0 amide bonds. The molecule has 27 heavy (non-hydrogen) atoms. The minimum Gasteiger partial charge on any atom is -0.340 e. The molecule has 1 N–H and O–H groups in total. The van der Waals surface area contributed by atoms with E-state index >= 15 is 0 Å². The molecule has 4 heteroatoms. The summed E-state index contributed by atoms with van der Waals surface area (Å²) in [6.07, 6.45) is 3.66. The molecule has 0 aliphatic carbocycles. The van der Waals surface area contributed by atoms with Gasteiger partial charge in [0.15, 0.2) is 0 Å². The molecule has 0 radical (unpaired) electrons. The van der Waals surface area contributed by atoms with Crippen molar-refractivity contribution in [2.45, 2.75) is 26.6 Å². The summed E-state index contributed by atoms with van der Waals surface area (Å²) < 4.78 is 2.36. The smallest absolute Gasteiger partial charge is 0.0493 e. The third-order valence-corrected chi connectivity index (χ3v) is 5.40. The first kappa shape index (κ1) is 17.8. The summed E-state index contributed by atoms with van der Waals surface area (Å²) >= 11 is 6.41. The summed E-state index contributed by atoms with van der Waals surface area (Å²) in [5.41, 5.74) is 6.24. The summed E-state index contributed by atoms with van der Waals surface area (Å²) in [6, 6.07) is 20.7. The first-order valence-corrected chi connectivity index (χ1v) is 9.51. The van der Waals surface area contributed by atoms with E-state index in [0.717, 1.165) is 30.2 Å². The Morgan fingerprint density at radius 1 is 0.926 bits per heavy atom. The lowest BCUT2D eigenvalue weighted by molar-refractivity contribution is 0.685. The maximum atomic E-state index is 6.41. The molecule has 0 spiro atoms. The molecule has 0 fully saturated rings. The van der Waals surface area contributed by atoms with Crippen molar-refractivity contribution in [2.24, 2.45) is 0 Å². The number of pyridine rings is 1. The van der Waals surface area contributed by atoms with Gasteiger partial charge in [0.25, 0.3) is 0 Å². The van der Waals surface area contributed by atoms with Gasteiger partial charge in [0.05, 0.1) is 0 Å². The summed E-state index contributed by atoms with van der Waals surface area (Å²) in [6.45, 7) is 4.62. The predicted molar refractivity (Wildman–Crippen MR) is 112 cm³/mol. The molecule has 2 aromatic carbocycles. The number of nitrogens with zero attached hydrogens (tertiary/aromatic N) is 2. The van der Waals surface area contributed by atoms with E-state index < -0.39 is 0 Å². The molecule has 0 aliphatic heterocycles. The number of fused-ring (bicyclic) bond motifs is 1. The van der Waals surface area contributed by atoms with Gasteiger partial charge < -0.3 is 9.88 Å². The molecule has 136 valence electrons. The van der Waals surface area contributed by atoms with Crippen LogP contribution in [0.25, 0.3) is 10.9 Å². The van der Waals surface area contributed by atoms with Gasteiger partial charge in [0.1, 0.15) is 0 Å². The minimum absolute atomic E-state index is 0.774. The second kappa shape index (κ2) is 7.95. The van der Waals surface area contributed by atoms with E-state index in [0.29, 0.717) is 0 Å². The average Bonchev–Trinajstić information content (AvgIpc) is 2.96. The molecule has 4 rings (SSSR count). The number of rotatable bonds is 6. The van der Waals surface area contributed by atoms with Crippen LogP contribution in [0.5, 0.6) is 0 Å². The fourth-order valence-corrected chi connectivity index (χ4v) is 3.75. The summed E-state index contributed by atoms with van der Waals surface area (Å²) in [7, 11) is 0. The van der Waals surface area contributed by atoms with Crippen molar-refractivity contribution >= 4 is 22.5 Å². The number of hydrogen-bond acceptors (Lipinski definition) is 2. The number of para-hydroxylation sites is 1. The standard InChI is InChI=1S/C23H22ClN3/c1-17-21(15-26-14-18-10-12-25-13-11-18)20-7-3-5-9-23(20)27(17)16-19-6-2-4-8-22(19)24/h2-13,26H,14-16H2,1H3. The highest BCUT2D eigenvalue weighted by Crippen LogP contribution is 2.28. The average molecular weight is 376 g/mol. The van der Waals surface area contributed by atoms with Gasteiger partial charge in [-0.1, -0.05) is 48.0 Å². The molecule has 0 saturated carbocycles. The zero-order valence-corrected chi connectivity index (χ0v) is 16.1. The Labute approximate surface area is 164 Å². The van der Waals surface area contributed by atoms with Crippen LogP contribution in [-0.2, 0) is 19.6 Å². The molecule has 0 unspecified atom stereocenters. The van der Waals surface area contributed by atoms with Crippen LogP contribution >= 0.6 is 11.6 Å². The first-order chi connectivity index (χ1) is 13.2. The predicted octanol–water partition coefficient (Wildman–Crippen LogP) is 5.34. The number of halogens is 1. The molecule has 2 heterocycles. The van der Waals surface area contributed by atoms with Gasteiger partial charge in [0.2, 0.25) is 0 Å². The molecule has 4 aromatic rings. The largest absolute Gasteiger partial charge is 0.340 e. The first-order valence-electron chi connectivity index (χ1n) is 9.14. The van der Waals surface area contributed by atoms with Crippen molar-refractivity contribution in [3.05, 3.63) is 100 Å². The van der Waals surface area contributed by atoms with Gasteiger partial charge in [-0.25, -0.2) is 0 Å². The van der Waals surface area contributed by atoms with Crippen LogP contribution < -0.4 is 5.32 Å². The fourth-order valence-electron chi connectivity index (χ4n) is 3.56. The fraction of sp³-hybridized carbons (Fsp3) is 0.174. The Bertz CT molecular complexity index is 1050. The molecule has 0 bridgehead atoms. The second-order valence-electron chi connectivity index (χ2n) is 6.72. The minimum atomic E-state index is 0.774. The highest BCUT2D eigenvalue weighted by Gasteiger charge is 2.14. The number of nitrogens with one attached hydrogen (secondary N) is 1. The molecular formula is C23H22ClN3. The second-order valence-corrected chi connectivity index (χ2v) is 7.12. The van der Waals surface area contributed by atoms with Crippen molar-refractivity contribution < 1.29 is 0 Å². The maximum absolute atomic E-state index is 6.41. The van der Waals surface area contributed by atoms with Crippen molar-refractivity contribution in [3.8, 4) is 0 Å². The van der Waals surface area contributed by atoms with E-state index in [-0.39, 0.29) is 0 Å². The maximum Gasteiger partial charge on any atom is 0.0493 e. The zero-order chi connectivity index (χ0) is 18.6. The molecular weight excluding hydrogens is 354 g/mol. The van der Waals surface area contributed by atoms with E-state index in [1.54, 1.807) is 0 Å². The van der Waals surface area contributed by atoms with Crippen LogP contribution in [0.3, 0.4) is 0 Å². The summed E-state index contributed by atoms with van der Waals surface area (Å²) in [5, 5.41) is 5.68. The zero-order valence-electron chi connectivity index (χ0n) is 15.3. The SMILES string of the molecule is Cc1c(CNCc2ccncc2)c2ccccc2n1Cc1ccccc1Cl. The Morgan fingerprint density at radius 2 is 1.67 bits per heavy atom. The van der Waals surface area contributed by atoms with Crippen LogP contribution in [-0.4, -0.2) is 9.55 Å². The summed E-state index contributed by atoms with van der Waals surface area (Å²) in [5.74, 6) is 0. The quantitative estimate of drug-likeness (QED) is 0.493. The molecule has 3 nitrogen and oxygen atoms in total. The van der Waals surface area contributed by atoms with Gasteiger partial charge >= 0.3 is 0 Å². The van der Waals surface area contributed by atoms with Crippen LogP contribution in [0.2, 0.25) is 5.02 Å². The Balaban J connectivity index is 1.63. The van der Waals surface area contributed by atoms with E-state index in [1.165, 1.54) is 27.7 Å². The van der Waals surface area contributed by atoms with Crippen LogP contribution in [0.4, 0.5) is 0 Å². The van der Waals surface area contributed by atoms with E-state index in [2.05, 4.69) is 52.1 Å². The lowest BCUT2D eigenvalue weighted by Crippen LogP contribution is -2.13. The molecule has 2 aromatic heterocycles. The number of hydrogen-bond donors (Lipinski definition) is 1. The topological polar surface area (TPSA) is 29.9 Å². The molecule has 0 saturated heterocycles. The van der Waals surface area contributed by atoms with Gasteiger partial charge in [-0.05, 0) is 47.9 Å². The third-order valence-electron chi connectivity index (χ3n) is 5.03. The summed E-state index contributed by atoms with van der Waals surface area (Å²) in [4.78, 5) is 4.08. The van der Waals surface area contributed by atoms with Crippen molar-refractivity contribution in [1.29, 1.82) is 0 Å². The Kier molecular flexibility index (Phi) is 5.23. The molecule has 0 aliphatic rings. The van der Waals surface area contributed by atoms with Crippen LogP contribution in [0.15, 0.2) is 73.1 Å². The number of benzene rings is 2. The lowest BCUT2D eigenvalue weighted by atomic mass is 10.1. The van der Waals surface area contributed by atoms with Gasteiger partial charge in [-0.15, -0.1) is 0 Å². The molecule has 0 atom stereocenters. The highest BCUT2D eigenvalue weighted by atomic mass is 35.5.